The number of methoxy groups -OCH3 is 1. The van der Waals surface area contributed by atoms with E-state index in [9.17, 15) is 5.11 Å². The maximum Gasteiger partial charge on any atom is 0.120 e. The van der Waals surface area contributed by atoms with Crippen LogP contribution in [0.2, 0.25) is 0 Å². The first kappa shape index (κ1) is 14.2. The van der Waals surface area contributed by atoms with Crippen molar-refractivity contribution in [1.29, 1.82) is 0 Å². The number of likely N-dealkylation sites (tertiary alicyclic amines) is 1. The lowest BCUT2D eigenvalue weighted by molar-refractivity contribution is 0.128. The molecule has 1 aromatic carbocycles. The normalized spacial score (nSPS) is 20.7. The molecule has 0 aliphatic carbocycles. The van der Waals surface area contributed by atoms with Crippen molar-refractivity contribution in [3.8, 4) is 11.5 Å². The molecule has 0 spiro atoms. The van der Waals surface area contributed by atoms with Gasteiger partial charge in [0.05, 0.1) is 7.11 Å². The van der Waals surface area contributed by atoms with Crippen molar-refractivity contribution in [1.82, 2.24) is 9.80 Å². The number of hydrogen-bond donors (Lipinski definition) is 1. The molecule has 19 heavy (non-hydrogen) atoms. The van der Waals surface area contributed by atoms with E-state index < -0.39 is 0 Å². The zero-order chi connectivity index (χ0) is 13.8. The Kier molecular flexibility index (Phi) is 4.66. The molecule has 1 atom stereocenters. The summed E-state index contributed by atoms with van der Waals surface area (Å²) in [7, 11) is 5.95. The molecule has 1 saturated heterocycles. The molecule has 0 saturated carbocycles. The van der Waals surface area contributed by atoms with Crippen LogP contribution in [-0.2, 0) is 6.54 Å². The van der Waals surface area contributed by atoms with Gasteiger partial charge in [-0.25, -0.2) is 0 Å². The number of rotatable bonds is 4. The highest BCUT2D eigenvalue weighted by atomic mass is 16.5. The second kappa shape index (κ2) is 6.26. The van der Waals surface area contributed by atoms with Crippen LogP contribution < -0.4 is 4.74 Å². The predicted octanol–water partition coefficient (Wildman–Crippen LogP) is 1.93. The maximum absolute atomic E-state index is 9.94. The number of benzene rings is 1. The van der Waals surface area contributed by atoms with E-state index in [1.807, 2.05) is 6.07 Å². The second-order valence-corrected chi connectivity index (χ2v) is 5.47. The largest absolute Gasteiger partial charge is 0.508 e. The second-order valence-electron chi connectivity index (χ2n) is 5.47. The third-order valence-corrected chi connectivity index (χ3v) is 3.93. The summed E-state index contributed by atoms with van der Waals surface area (Å²) < 4.78 is 5.22. The third-order valence-electron chi connectivity index (χ3n) is 3.93. The Hall–Kier alpha value is -1.26. The Labute approximate surface area is 115 Å². The summed E-state index contributed by atoms with van der Waals surface area (Å²) >= 11 is 0. The van der Waals surface area contributed by atoms with E-state index in [4.69, 9.17) is 4.74 Å². The van der Waals surface area contributed by atoms with Gasteiger partial charge in [-0.05, 0) is 51.7 Å². The van der Waals surface area contributed by atoms with Crippen LogP contribution in [0, 0.1) is 0 Å². The Morgan fingerprint density at radius 2 is 2.26 bits per heavy atom. The maximum atomic E-state index is 9.94. The Morgan fingerprint density at radius 1 is 1.47 bits per heavy atom. The van der Waals surface area contributed by atoms with Crippen LogP contribution in [0.3, 0.4) is 0 Å². The van der Waals surface area contributed by atoms with E-state index >= 15 is 0 Å². The highest BCUT2D eigenvalue weighted by molar-refractivity contribution is 5.39. The molecular formula is C15H24N2O2. The zero-order valence-electron chi connectivity index (χ0n) is 12.1. The molecule has 106 valence electrons. The minimum absolute atomic E-state index is 0.344. The summed E-state index contributed by atoms with van der Waals surface area (Å²) in [6, 6.07) is 5.96. The summed E-state index contributed by atoms with van der Waals surface area (Å²) in [5.41, 5.74) is 0.926. The molecule has 1 unspecified atom stereocenters. The van der Waals surface area contributed by atoms with Crippen LogP contribution in [0.15, 0.2) is 18.2 Å². The van der Waals surface area contributed by atoms with Gasteiger partial charge in [0, 0.05) is 24.7 Å². The van der Waals surface area contributed by atoms with Crippen LogP contribution >= 0.6 is 0 Å². The van der Waals surface area contributed by atoms with Crippen molar-refractivity contribution in [2.75, 3.05) is 34.3 Å². The van der Waals surface area contributed by atoms with Crippen molar-refractivity contribution in [2.24, 2.45) is 0 Å². The molecule has 4 nitrogen and oxygen atoms in total. The van der Waals surface area contributed by atoms with Crippen molar-refractivity contribution >= 4 is 0 Å². The van der Waals surface area contributed by atoms with Gasteiger partial charge in [-0.1, -0.05) is 0 Å². The highest BCUT2D eigenvalue weighted by Crippen LogP contribution is 2.25. The Bertz CT molecular complexity index is 423. The first-order chi connectivity index (χ1) is 9.10. The van der Waals surface area contributed by atoms with Gasteiger partial charge in [-0.3, -0.25) is 4.90 Å². The smallest absolute Gasteiger partial charge is 0.120 e. The van der Waals surface area contributed by atoms with E-state index in [1.54, 1.807) is 19.2 Å². The first-order valence-corrected chi connectivity index (χ1v) is 6.85. The van der Waals surface area contributed by atoms with Crippen molar-refractivity contribution in [3.63, 3.8) is 0 Å². The molecule has 1 N–H and O–H groups in total. The Morgan fingerprint density at radius 3 is 2.95 bits per heavy atom. The van der Waals surface area contributed by atoms with Crippen LogP contribution in [0.25, 0.3) is 0 Å². The number of nitrogens with zero attached hydrogens (tertiary/aromatic N) is 2. The fourth-order valence-electron chi connectivity index (χ4n) is 2.71. The van der Waals surface area contributed by atoms with Crippen LogP contribution in [0.5, 0.6) is 11.5 Å². The molecule has 1 fully saturated rings. The van der Waals surface area contributed by atoms with Gasteiger partial charge in [0.15, 0.2) is 0 Å². The molecule has 0 aromatic heterocycles. The average Bonchev–Trinajstić information content (AvgIpc) is 2.41. The minimum Gasteiger partial charge on any atom is -0.508 e. The third kappa shape index (κ3) is 3.61. The summed E-state index contributed by atoms with van der Waals surface area (Å²) in [5, 5.41) is 9.94. The number of piperidine rings is 1. The summed E-state index contributed by atoms with van der Waals surface area (Å²) in [5.74, 6) is 1.14. The molecule has 0 bridgehead atoms. The monoisotopic (exact) mass is 264 g/mol. The molecule has 1 aromatic rings. The van der Waals surface area contributed by atoms with Crippen molar-refractivity contribution < 1.29 is 9.84 Å². The topological polar surface area (TPSA) is 35.9 Å². The van der Waals surface area contributed by atoms with E-state index in [1.165, 1.54) is 19.4 Å². The van der Waals surface area contributed by atoms with Crippen LogP contribution in [0.4, 0.5) is 0 Å². The molecule has 0 amide bonds. The molecule has 0 radical (unpaired) electrons. The number of hydrogen-bond acceptors (Lipinski definition) is 4. The molecule has 4 heteroatoms. The SMILES string of the molecule is COc1ccc(O)c(CN(C)C2CCCN(C)C2)c1. The highest BCUT2D eigenvalue weighted by Gasteiger charge is 2.21. The van der Waals surface area contributed by atoms with Crippen LogP contribution in [-0.4, -0.2) is 55.2 Å². The standard InChI is InChI=1S/C15H24N2O2/c1-16-8-4-5-13(11-16)17(2)10-12-9-14(19-3)6-7-15(12)18/h6-7,9,13,18H,4-5,8,10-11H2,1-3H3. The van der Waals surface area contributed by atoms with E-state index in [2.05, 4.69) is 23.9 Å². The zero-order valence-corrected chi connectivity index (χ0v) is 12.1. The van der Waals surface area contributed by atoms with E-state index in [-0.39, 0.29) is 0 Å². The van der Waals surface area contributed by atoms with Gasteiger partial charge < -0.3 is 14.7 Å². The Balaban J connectivity index is 2.03. The van der Waals surface area contributed by atoms with Gasteiger partial charge >= 0.3 is 0 Å². The average molecular weight is 264 g/mol. The minimum atomic E-state index is 0.344. The van der Waals surface area contributed by atoms with Crippen molar-refractivity contribution in [2.45, 2.75) is 25.4 Å². The van der Waals surface area contributed by atoms with Crippen LogP contribution in [0.1, 0.15) is 18.4 Å². The lowest BCUT2D eigenvalue weighted by atomic mass is 10.0. The molecule has 2 rings (SSSR count). The van der Waals surface area contributed by atoms with Gasteiger partial charge in [0.1, 0.15) is 11.5 Å². The van der Waals surface area contributed by atoms with Crippen molar-refractivity contribution in [3.05, 3.63) is 23.8 Å². The number of phenols is 1. The number of aromatic hydroxyl groups is 1. The number of likely N-dealkylation sites (N-methyl/N-ethyl adjacent to an activating group) is 2. The van der Waals surface area contributed by atoms with E-state index in [0.29, 0.717) is 11.8 Å². The summed E-state index contributed by atoms with van der Waals surface area (Å²) in [6.07, 6.45) is 2.47. The molecular weight excluding hydrogens is 240 g/mol. The predicted molar refractivity (Wildman–Crippen MR) is 76.6 cm³/mol. The molecule has 1 aliphatic heterocycles. The van der Waals surface area contributed by atoms with Gasteiger partial charge in [0.2, 0.25) is 0 Å². The van der Waals surface area contributed by atoms with Gasteiger partial charge in [-0.2, -0.15) is 0 Å². The fraction of sp³-hybridized carbons (Fsp3) is 0.600. The van der Waals surface area contributed by atoms with E-state index in [0.717, 1.165) is 24.4 Å². The summed E-state index contributed by atoms with van der Waals surface area (Å²) in [6.45, 7) is 3.04. The number of phenolic OH excluding ortho intramolecular Hbond substituents is 1. The summed E-state index contributed by atoms with van der Waals surface area (Å²) in [4.78, 5) is 4.69. The number of ether oxygens (including phenoxy) is 1. The molecule has 1 heterocycles. The molecule has 1 aliphatic rings. The van der Waals surface area contributed by atoms with Gasteiger partial charge in [-0.15, -0.1) is 0 Å². The quantitative estimate of drug-likeness (QED) is 0.901. The fourth-order valence-corrected chi connectivity index (χ4v) is 2.71. The lowest BCUT2D eigenvalue weighted by Crippen LogP contribution is -2.44. The first-order valence-electron chi connectivity index (χ1n) is 6.85. The lowest BCUT2D eigenvalue weighted by Gasteiger charge is -2.36. The van der Waals surface area contributed by atoms with Gasteiger partial charge in [0.25, 0.3) is 0 Å².